The van der Waals surface area contributed by atoms with Crippen LogP contribution in [0.5, 0.6) is 5.88 Å². The molecular formula is C26H41N5O4. The number of hydrogen-bond donors (Lipinski definition) is 3. The third-order valence-electron chi connectivity index (χ3n) is 7.55. The molecule has 4 saturated carbocycles. The largest absolute Gasteiger partial charge is 0.477 e. The van der Waals surface area contributed by atoms with Gasteiger partial charge in [-0.1, -0.05) is 13.8 Å². The number of nitrogens with one attached hydrogen (secondary N) is 2. The van der Waals surface area contributed by atoms with Gasteiger partial charge in [0.15, 0.2) is 0 Å². The summed E-state index contributed by atoms with van der Waals surface area (Å²) in [5, 5.41) is 21.5. The van der Waals surface area contributed by atoms with E-state index in [2.05, 4.69) is 29.6 Å². The first kappa shape index (κ1) is 25.5. The molecule has 2 atom stereocenters. The second-order valence-electron chi connectivity index (χ2n) is 12.1. The van der Waals surface area contributed by atoms with E-state index in [0.29, 0.717) is 35.8 Å². The Balaban J connectivity index is 1.51. The summed E-state index contributed by atoms with van der Waals surface area (Å²) in [5.41, 5.74) is -0.766. The SMILES string of the molecule is CC(C)COc1c(C(=O)NC2C3CC4CC2CC(O)(C4)C3)cnn1C=CC(C)(C)NC(=O)N(C)C. The lowest BCUT2D eigenvalue weighted by molar-refractivity contribution is -0.136. The van der Waals surface area contributed by atoms with Crippen LogP contribution in [0, 0.1) is 23.7 Å². The smallest absolute Gasteiger partial charge is 0.317 e. The van der Waals surface area contributed by atoms with Crippen LogP contribution < -0.4 is 15.4 Å². The van der Waals surface area contributed by atoms with Crippen LogP contribution in [0.3, 0.4) is 0 Å². The van der Waals surface area contributed by atoms with Crippen LogP contribution in [0.25, 0.3) is 6.20 Å². The number of nitrogens with zero attached hydrogens (tertiary/aromatic N) is 3. The molecule has 5 rings (SSSR count). The summed E-state index contributed by atoms with van der Waals surface area (Å²) >= 11 is 0. The average Bonchev–Trinajstić information content (AvgIpc) is 3.14. The molecule has 35 heavy (non-hydrogen) atoms. The Morgan fingerprint density at radius 1 is 1.29 bits per heavy atom. The standard InChI is InChI=1S/C26H41N5O4/c1-16(2)15-35-23-20(14-27-31(23)8-7-25(3,4)29-24(33)30(5)6)22(32)28-21-18-9-17-10-19(21)13-26(34,11-17)12-18/h7-8,14,16-19,21,34H,9-13,15H2,1-6H3,(H,28,32)(H,29,33). The summed E-state index contributed by atoms with van der Waals surface area (Å²) in [7, 11) is 3.38. The molecule has 4 aliphatic carbocycles. The van der Waals surface area contributed by atoms with Crippen LogP contribution in [0.2, 0.25) is 0 Å². The predicted octanol–water partition coefficient (Wildman–Crippen LogP) is 3.11. The molecule has 0 radical (unpaired) electrons. The van der Waals surface area contributed by atoms with E-state index in [9.17, 15) is 14.7 Å². The molecule has 1 heterocycles. The number of aromatic nitrogens is 2. The summed E-state index contributed by atoms with van der Waals surface area (Å²) in [6.07, 6.45) is 9.72. The van der Waals surface area contributed by atoms with Crippen molar-refractivity contribution in [2.75, 3.05) is 20.7 Å². The number of carbonyl (C=O) groups excluding carboxylic acids is 2. The highest BCUT2D eigenvalue weighted by molar-refractivity contribution is 5.96. The van der Waals surface area contributed by atoms with Crippen LogP contribution in [0.1, 0.15) is 70.2 Å². The Labute approximate surface area is 208 Å². The van der Waals surface area contributed by atoms with Crippen molar-refractivity contribution in [1.29, 1.82) is 0 Å². The van der Waals surface area contributed by atoms with Gasteiger partial charge >= 0.3 is 6.03 Å². The summed E-state index contributed by atoms with van der Waals surface area (Å²) in [6.45, 7) is 8.32. The first-order valence-corrected chi connectivity index (χ1v) is 12.8. The van der Waals surface area contributed by atoms with E-state index in [-0.39, 0.29) is 23.9 Å². The molecule has 1 aromatic rings. The fourth-order valence-corrected chi connectivity index (χ4v) is 6.13. The molecule has 0 aromatic carbocycles. The molecule has 0 saturated heterocycles. The minimum atomic E-state index is -0.633. The molecule has 9 heteroatoms. The minimum absolute atomic E-state index is 0.0799. The van der Waals surface area contributed by atoms with Crippen molar-refractivity contribution in [1.82, 2.24) is 25.3 Å². The van der Waals surface area contributed by atoms with E-state index in [1.807, 2.05) is 19.9 Å². The van der Waals surface area contributed by atoms with E-state index >= 15 is 0 Å². The number of rotatable bonds is 8. The minimum Gasteiger partial charge on any atom is -0.477 e. The summed E-state index contributed by atoms with van der Waals surface area (Å²) in [5.74, 6) is 1.72. The third-order valence-corrected chi connectivity index (χ3v) is 7.55. The lowest BCUT2D eigenvalue weighted by Gasteiger charge is -2.58. The molecule has 4 fully saturated rings. The van der Waals surface area contributed by atoms with Crippen molar-refractivity contribution in [3.05, 3.63) is 17.8 Å². The van der Waals surface area contributed by atoms with Gasteiger partial charge in [0.25, 0.3) is 5.91 Å². The normalized spacial score (nSPS) is 29.6. The second kappa shape index (κ2) is 9.48. The zero-order valence-electron chi connectivity index (χ0n) is 21.9. The number of hydrogen-bond acceptors (Lipinski definition) is 5. The van der Waals surface area contributed by atoms with Crippen LogP contribution in [-0.2, 0) is 0 Å². The highest BCUT2D eigenvalue weighted by Crippen LogP contribution is 2.55. The molecule has 1 aromatic heterocycles. The monoisotopic (exact) mass is 487 g/mol. The maximum Gasteiger partial charge on any atom is 0.317 e. The Morgan fingerprint density at radius 3 is 2.51 bits per heavy atom. The summed E-state index contributed by atoms with van der Waals surface area (Å²) < 4.78 is 7.61. The van der Waals surface area contributed by atoms with Crippen molar-refractivity contribution in [3.63, 3.8) is 0 Å². The molecule has 0 aliphatic heterocycles. The lowest BCUT2D eigenvalue weighted by Crippen LogP contribution is -2.61. The number of ether oxygens (including phenoxy) is 1. The average molecular weight is 488 g/mol. The van der Waals surface area contributed by atoms with E-state index < -0.39 is 11.1 Å². The fraction of sp³-hybridized carbons (Fsp3) is 0.731. The molecular weight excluding hydrogens is 446 g/mol. The van der Waals surface area contributed by atoms with E-state index in [4.69, 9.17) is 4.74 Å². The Kier molecular flexibility index (Phi) is 6.92. The Hall–Kier alpha value is -2.55. The highest BCUT2D eigenvalue weighted by Gasteiger charge is 2.55. The van der Waals surface area contributed by atoms with Gasteiger partial charge in [0.2, 0.25) is 5.88 Å². The van der Waals surface area contributed by atoms with E-state index in [1.54, 1.807) is 31.2 Å². The molecule has 3 N–H and O–H groups in total. The quantitative estimate of drug-likeness (QED) is 0.522. The van der Waals surface area contributed by atoms with Crippen molar-refractivity contribution in [2.24, 2.45) is 23.7 Å². The first-order chi connectivity index (χ1) is 16.4. The molecule has 4 bridgehead atoms. The molecule has 9 nitrogen and oxygen atoms in total. The van der Waals surface area contributed by atoms with Crippen molar-refractivity contribution in [2.45, 2.75) is 77.0 Å². The van der Waals surface area contributed by atoms with Gasteiger partial charge < -0.3 is 25.4 Å². The maximum atomic E-state index is 13.4. The molecule has 3 amide bonds. The van der Waals surface area contributed by atoms with Crippen LogP contribution in [-0.4, -0.2) is 69.6 Å². The second-order valence-corrected chi connectivity index (χ2v) is 12.1. The molecule has 0 spiro atoms. The Morgan fingerprint density at radius 2 is 1.94 bits per heavy atom. The molecule has 4 aliphatic rings. The number of urea groups is 1. The molecule has 2 unspecified atom stereocenters. The predicted molar refractivity (Wildman–Crippen MR) is 134 cm³/mol. The van der Waals surface area contributed by atoms with Crippen molar-refractivity contribution in [3.8, 4) is 5.88 Å². The van der Waals surface area contributed by atoms with Gasteiger partial charge in [0, 0.05) is 26.3 Å². The van der Waals surface area contributed by atoms with Crippen LogP contribution in [0.15, 0.2) is 12.3 Å². The van der Waals surface area contributed by atoms with E-state index in [1.165, 1.54) is 4.90 Å². The number of amides is 3. The maximum absolute atomic E-state index is 13.4. The topological polar surface area (TPSA) is 109 Å². The van der Waals surface area contributed by atoms with E-state index in [0.717, 1.165) is 32.1 Å². The lowest BCUT2D eigenvalue weighted by atomic mass is 9.52. The van der Waals surface area contributed by atoms with Gasteiger partial charge in [-0.2, -0.15) is 5.10 Å². The van der Waals surface area contributed by atoms with Crippen molar-refractivity contribution < 1.29 is 19.4 Å². The Bertz CT molecular complexity index is 966. The third kappa shape index (κ3) is 5.66. The van der Waals surface area contributed by atoms with Gasteiger partial charge in [-0.05, 0) is 75.7 Å². The van der Waals surface area contributed by atoms with Gasteiger partial charge in [-0.25, -0.2) is 9.48 Å². The summed E-state index contributed by atoms with van der Waals surface area (Å²) in [4.78, 5) is 27.0. The van der Waals surface area contributed by atoms with Crippen molar-refractivity contribution >= 4 is 18.1 Å². The van der Waals surface area contributed by atoms with Gasteiger partial charge in [0.05, 0.1) is 23.9 Å². The highest BCUT2D eigenvalue weighted by atomic mass is 16.5. The van der Waals surface area contributed by atoms with Crippen LogP contribution >= 0.6 is 0 Å². The summed E-state index contributed by atoms with van der Waals surface area (Å²) in [6, 6.07) is -0.117. The zero-order valence-corrected chi connectivity index (χ0v) is 21.9. The number of carbonyl (C=O) groups is 2. The fourth-order valence-electron chi connectivity index (χ4n) is 6.13. The van der Waals surface area contributed by atoms with Gasteiger partial charge in [-0.15, -0.1) is 0 Å². The zero-order chi connectivity index (χ0) is 25.5. The van der Waals surface area contributed by atoms with Gasteiger partial charge in [-0.3, -0.25) is 4.79 Å². The first-order valence-electron chi connectivity index (χ1n) is 12.8. The number of aliphatic hydroxyl groups is 1. The molecule has 194 valence electrons. The van der Waals surface area contributed by atoms with Gasteiger partial charge in [0.1, 0.15) is 5.56 Å². The van der Waals surface area contributed by atoms with Crippen LogP contribution in [0.4, 0.5) is 4.79 Å².